The lowest BCUT2D eigenvalue weighted by molar-refractivity contribution is -0.156. The number of hydrogen-bond acceptors (Lipinski definition) is 7. The van der Waals surface area contributed by atoms with E-state index in [9.17, 15) is 9.59 Å². The van der Waals surface area contributed by atoms with Crippen molar-refractivity contribution >= 4 is 12.1 Å². The van der Waals surface area contributed by atoms with Crippen LogP contribution in [-0.2, 0) is 27.2 Å². The van der Waals surface area contributed by atoms with Gasteiger partial charge in [0.2, 0.25) is 5.89 Å². The van der Waals surface area contributed by atoms with Crippen molar-refractivity contribution in [3.8, 4) is 17.2 Å². The molecule has 3 aromatic rings. The van der Waals surface area contributed by atoms with Crippen LogP contribution in [0.5, 0.6) is 5.75 Å². The van der Waals surface area contributed by atoms with Gasteiger partial charge in [0.1, 0.15) is 11.5 Å². The standard InChI is InChI=1S/C26H30N2O6/c1-18-22(28-23(33-18)20-11-6-5-7-12-20)14-9-15-32-25(30)27-17-19-10-8-13-21(16-19)34-26(2,3)24(29)31-4/h5-8,10-13,16H,9,14-15,17H2,1-4H3,(H,27,30). The Morgan fingerprint density at radius 3 is 2.59 bits per heavy atom. The molecule has 0 fully saturated rings. The SMILES string of the molecule is COC(=O)C(C)(C)Oc1cccc(CNC(=O)OCCCc2nc(-c3ccccc3)oc2C)c1. The maximum Gasteiger partial charge on any atom is 0.407 e. The van der Waals surface area contributed by atoms with Crippen LogP contribution in [0.1, 0.15) is 37.3 Å². The summed E-state index contributed by atoms with van der Waals surface area (Å²) >= 11 is 0. The number of methoxy groups -OCH3 is 1. The third-order valence-corrected chi connectivity index (χ3v) is 5.09. The summed E-state index contributed by atoms with van der Waals surface area (Å²) in [6, 6.07) is 16.8. The molecule has 1 aromatic heterocycles. The number of alkyl carbamates (subject to hydrolysis) is 1. The number of rotatable bonds is 10. The number of benzene rings is 2. The lowest BCUT2D eigenvalue weighted by Gasteiger charge is -2.23. The minimum atomic E-state index is -1.12. The summed E-state index contributed by atoms with van der Waals surface area (Å²) in [4.78, 5) is 28.4. The van der Waals surface area contributed by atoms with E-state index < -0.39 is 17.7 Å². The predicted molar refractivity (Wildman–Crippen MR) is 126 cm³/mol. The van der Waals surface area contributed by atoms with Gasteiger partial charge in [0.05, 0.1) is 19.4 Å². The van der Waals surface area contributed by atoms with Crippen molar-refractivity contribution in [3.63, 3.8) is 0 Å². The van der Waals surface area contributed by atoms with E-state index in [1.807, 2.05) is 43.3 Å². The van der Waals surface area contributed by atoms with Crippen molar-refractivity contribution in [1.82, 2.24) is 10.3 Å². The quantitative estimate of drug-likeness (QED) is 0.337. The molecular weight excluding hydrogens is 436 g/mol. The Balaban J connectivity index is 1.42. The third kappa shape index (κ3) is 6.84. The fraction of sp³-hybridized carbons (Fsp3) is 0.346. The molecular formula is C26H30N2O6. The number of oxazole rings is 1. The number of carbonyl (C=O) groups excluding carboxylic acids is 2. The topological polar surface area (TPSA) is 99.9 Å². The lowest BCUT2D eigenvalue weighted by Crippen LogP contribution is -2.39. The smallest absolute Gasteiger partial charge is 0.407 e. The van der Waals surface area contributed by atoms with Crippen LogP contribution in [0.2, 0.25) is 0 Å². The summed E-state index contributed by atoms with van der Waals surface area (Å²) in [5.41, 5.74) is 1.47. The minimum absolute atomic E-state index is 0.259. The van der Waals surface area contributed by atoms with Crippen LogP contribution in [0.15, 0.2) is 59.0 Å². The van der Waals surface area contributed by atoms with Gasteiger partial charge >= 0.3 is 12.1 Å². The van der Waals surface area contributed by atoms with E-state index in [4.69, 9.17) is 18.6 Å². The number of ether oxygens (including phenoxy) is 3. The van der Waals surface area contributed by atoms with Crippen LogP contribution in [-0.4, -0.2) is 36.4 Å². The van der Waals surface area contributed by atoms with Crippen molar-refractivity contribution < 1.29 is 28.2 Å². The van der Waals surface area contributed by atoms with Gasteiger partial charge in [0, 0.05) is 12.1 Å². The molecule has 8 heteroatoms. The Kier molecular flexibility index (Phi) is 8.29. The van der Waals surface area contributed by atoms with Crippen LogP contribution >= 0.6 is 0 Å². The molecule has 0 aliphatic heterocycles. The highest BCUT2D eigenvalue weighted by molar-refractivity contribution is 5.78. The van der Waals surface area contributed by atoms with Crippen LogP contribution < -0.4 is 10.1 Å². The molecule has 0 bridgehead atoms. The van der Waals surface area contributed by atoms with Gasteiger partial charge in [0.15, 0.2) is 5.60 Å². The molecule has 0 radical (unpaired) electrons. The fourth-order valence-corrected chi connectivity index (χ4v) is 3.29. The molecule has 34 heavy (non-hydrogen) atoms. The Hall–Kier alpha value is -3.81. The van der Waals surface area contributed by atoms with E-state index in [0.717, 1.165) is 22.6 Å². The number of aryl methyl sites for hydroxylation is 2. The molecule has 0 aliphatic rings. The van der Waals surface area contributed by atoms with Gasteiger partial charge in [-0.15, -0.1) is 0 Å². The Morgan fingerprint density at radius 1 is 1.09 bits per heavy atom. The Morgan fingerprint density at radius 2 is 1.85 bits per heavy atom. The van der Waals surface area contributed by atoms with Crippen molar-refractivity contribution in [2.75, 3.05) is 13.7 Å². The van der Waals surface area contributed by atoms with Gasteiger partial charge in [-0.05, 0) is 63.4 Å². The van der Waals surface area contributed by atoms with Crippen LogP contribution in [0, 0.1) is 6.92 Å². The zero-order valence-corrected chi connectivity index (χ0v) is 19.9. The van der Waals surface area contributed by atoms with Gasteiger partial charge in [-0.2, -0.15) is 0 Å². The van der Waals surface area contributed by atoms with Crippen molar-refractivity contribution in [2.24, 2.45) is 0 Å². The van der Waals surface area contributed by atoms with E-state index in [1.54, 1.807) is 32.0 Å². The van der Waals surface area contributed by atoms with Gasteiger partial charge < -0.3 is 23.9 Å². The van der Waals surface area contributed by atoms with Crippen molar-refractivity contribution in [2.45, 2.75) is 45.8 Å². The molecule has 0 saturated heterocycles. The number of aromatic nitrogens is 1. The third-order valence-electron chi connectivity index (χ3n) is 5.09. The van der Waals surface area contributed by atoms with Crippen molar-refractivity contribution in [3.05, 3.63) is 71.6 Å². The lowest BCUT2D eigenvalue weighted by atomic mass is 10.1. The summed E-state index contributed by atoms with van der Waals surface area (Å²) in [5, 5.41) is 2.72. The molecule has 0 spiro atoms. The summed E-state index contributed by atoms with van der Waals surface area (Å²) < 4.78 is 21.5. The molecule has 2 aromatic carbocycles. The van der Waals surface area contributed by atoms with E-state index in [2.05, 4.69) is 10.3 Å². The highest BCUT2D eigenvalue weighted by Crippen LogP contribution is 2.22. The van der Waals surface area contributed by atoms with E-state index in [0.29, 0.717) is 24.5 Å². The maximum atomic E-state index is 12.1. The number of nitrogens with zero attached hydrogens (tertiary/aromatic N) is 1. The molecule has 1 heterocycles. The average Bonchev–Trinajstić information content (AvgIpc) is 3.21. The molecule has 3 rings (SSSR count). The monoisotopic (exact) mass is 466 g/mol. The van der Waals surface area contributed by atoms with Gasteiger partial charge in [-0.25, -0.2) is 14.6 Å². The summed E-state index contributed by atoms with van der Waals surface area (Å²) in [6.45, 7) is 5.66. The van der Waals surface area contributed by atoms with Gasteiger partial charge in [-0.3, -0.25) is 0 Å². The normalized spacial score (nSPS) is 11.1. The first-order valence-electron chi connectivity index (χ1n) is 11.1. The van der Waals surface area contributed by atoms with E-state index in [1.165, 1.54) is 7.11 Å². The zero-order valence-electron chi connectivity index (χ0n) is 19.9. The molecule has 8 nitrogen and oxygen atoms in total. The number of carbonyl (C=O) groups is 2. The largest absolute Gasteiger partial charge is 0.476 e. The molecule has 0 saturated carbocycles. The van der Waals surface area contributed by atoms with Crippen LogP contribution in [0.4, 0.5) is 4.79 Å². The molecule has 1 amide bonds. The molecule has 180 valence electrons. The molecule has 0 aliphatic carbocycles. The van der Waals surface area contributed by atoms with Crippen LogP contribution in [0.3, 0.4) is 0 Å². The average molecular weight is 467 g/mol. The first-order chi connectivity index (χ1) is 16.3. The Bertz CT molecular complexity index is 1110. The van der Waals surface area contributed by atoms with E-state index in [-0.39, 0.29) is 13.2 Å². The first kappa shape index (κ1) is 24.8. The second kappa shape index (κ2) is 11.4. The highest BCUT2D eigenvalue weighted by Gasteiger charge is 2.31. The number of amides is 1. The minimum Gasteiger partial charge on any atom is -0.476 e. The molecule has 0 unspecified atom stereocenters. The first-order valence-corrected chi connectivity index (χ1v) is 11.1. The van der Waals surface area contributed by atoms with E-state index >= 15 is 0 Å². The fourth-order valence-electron chi connectivity index (χ4n) is 3.29. The zero-order chi connectivity index (χ0) is 24.6. The molecule has 1 N–H and O–H groups in total. The second-order valence-electron chi connectivity index (χ2n) is 8.23. The van der Waals surface area contributed by atoms with Gasteiger partial charge in [-0.1, -0.05) is 30.3 Å². The number of esters is 1. The number of hydrogen-bond donors (Lipinski definition) is 1. The van der Waals surface area contributed by atoms with Crippen LogP contribution in [0.25, 0.3) is 11.5 Å². The van der Waals surface area contributed by atoms with Gasteiger partial charge in [0.25, 0.3) is 0 Å². The molecule has 0 atom stereocenters. The summed E-state index contributed by atoms with van der Waals surface area (Å²) in [6.07, 6.45) is 0.759. The predicted octanol–water partition coefficient (Wildman–Crippen LogP) is 4.84. The van der Waals surface area contributed by atoms with Crippen molar-refractivity contribution in [1.29, 1.82) is 0 Å². The Labute approximate surface area is 199 Å². The summed E-state index contributed by atoms with van der Waals surface area (Å²) in [7, 11) is 1.31. The maximum absolute atomic E-state index is 12.1. The second-order valence-corrected chi connectivity index (χ2v) is 8.23. The highest BCUT2D eigenvalue weighted by atomic mass is 16.6. The summed E-state index contributed by atoms with van der Waals surface area (Å²) in [5.74, 6) is 1.38. The number of nitrogens with one attached hydrogen (secondary N) is 1.